The molecule has 0 amide bonds. The van der Waals surface area contributed by atoms with Gasteiger partial charge in [-0.15, -0.1) is 38.0 Å². The maximum Gasteiger partial charge on any atom is 0.0375 e. The lowest BCUT2D eigenvalue weighted by Crippen LogP contribution is -2.58. The number of piperazine rings is 1. The third-order valence-electron chi connectivity index (χ3n) is 2.34. The van der Waals surface area contributed by atoms with Crippen LogP contribution in [0.4, 0.5) is 0 Å². The van der Waals surface area contributed by atoms with E-state index < -0.39 is 0 Å². The molecule has 0 bridgehead atoms. The molecule has 0 aromatic rings. The predicted molar refractivity (Wildman–Crippen MR) is 67.7 cm³/mol. The highest BCUT2D eigenvalue weighted by atomic mass is 35.5. The number of nitrogens with one attached hydrogen (secondary N) is 2. The first-order valence-corrected chi connectivity index (χ1v) is 4.50. The molecule has 0 aliphatic carbocycles. The van der Waals surface area contributed by atoms with Gasteiger partial charge in [0.25, 0.3) is 0 Å². The molecule has 4 heteroatoms. The van der Waals surface area contributed by atoms with Crippen LogP contribution in [-0.2, 0) is 0 Å². The minimum atomic E-state index is 0. The van der Waals surface area contributed by atoms with Crippen molar-refractivity contribution in [1.82, 2.24) is 10.6 Å². The second kappa shape index (κ2) is 8.30. The molecule has 2 nitrogen and oxygen atoms in total. The summed E-state index contributed by atoms with van der Waals surface area (Å²) in [5.74, 6) is 0. The second-order valence-electron chi connectivity index (χ2n) is 3.37. The van der Waals surface area contributed by atoms with Crippen LogP contribution >= 0.6 is 24.8 Å². The molecule has 84 valence electrons. The van der Waals surface area contributed by atoms with Gasteiger partial charge in [-0.25, -0.2) is 0 Å². The van der Waals surface area contributed by atoms with Crippen LogP contribution in [0.25, 0.3) is 0 Å². The lowest BCUT2D eigenvalue weighted by Gasteiger charge is -2.37. The van der Waals surface area contributed by atoms with Crippen LogP contribution in [-0.4, -0.2) is 25.2 Å². The summed E-state index contributed by atoms with van der Waals surface area (Å²) in [5.41, 5.74) is 0.182. The van der Waals surface area contributed by atoms with Crippen molar-refractivity contribution in [3.63, 3.8) is 0 Å². The molecule has 1 fully saturated rings. The average Bonchev–Trinajstić information content (AvgIpc) is 2.07. The van der Waals surface area contributed by atoms with Gasteiger partial charge in [-0.1, -0.05) is 12.2 Å². The topological polar surface area (TPSA) is 24.1 Å². The monoisotopic (exact) mass is 238 g/mol. The van der Waals surface area contributed by atoms with Gasteiger partial charge in [-0.05, 0) is 12.8 Å². The Morgan fingerprint density at radius 2 is 1.64 bits per heavy atom. The largest absolute Gasteiger partial charge is 0.314 e. The number of halogens is 2. The molecular weight excluding hydrogens is 219 g/mol. The molecule has 0 aromatic carbocycles. The highest BCUT2D eigenvalue weighted by molar-refractivity contribution is 5.85. The fraction of sp³-hybridized carbons (Fsp3) is 0.600. The van der Waals surface area contributed by atoms with Crippen LogP contribution in [0.5, 0.6) is 0 Å². The predicted octanol–water partition coefficient (Wildman–Crippen LogP) is 1.91. The Kier molecular flexibility index (Phi) is 9.73. The smallest absolute Gasteiger partial charge is 0.0375 e. The first-order valence-electron chi connectivity index (χ1n) is 4.50. The maximum absolute atomic E-state index is 3.78. The number of rotatable bonds is 4. The molecule has 0 saturated carbocycles. The minimum Gasteiger partial charge on any atom is -0.314 e. The Hall–Kier alpha value is -0.0200. The molecule has 0 aromatic heterocycles. The van der Waals surface area contributed by atoms with Gasteiger partial charge in [-0.3, -0.25) is 0 Å². The highest BCUT2D eigenvalue weighted by Crippen LogP contribution is 2.17. The van der Waals surface area contributed by atoms with E-state index in [0.717, 1.165) is 32.5 Å². The van der Waals surface area contributed by atoms with E-state index in [4.69, 9.17) is 0 Å². The van der Waals surface area contributed by atoms with Crippen LogP contribution in [0.15, 0.2) is 25.3 Å². The summed E-state index contributed by atoms with van der Waals surface area (Å²) in [4.78, 5) is 0. The average molecular weight is 239 g/mol. The van der Waals surface area contributed by atoms with Crippen LogP contribution in [0.3, 0.4) is 0 Å². The van der Waals surface area contributed by atoms with Crippen molar-refractivity contribution in [2.45, 2.75) is 18.4 Å². The van der Waals surface area contributed by atoms with Crippen molar-refractivity contribution < 1.29 is 0 Å². The molecule has 1 heterocycles. The summed E-state index contributed by atoms with van der Waals surface area (Å²) in [6.45, 7) is 10.7. The van der Waals surface area contributed by atoms with Crippen LogP contribution in [0, 0.1) is 0 Å². The van der Waals surface area contributed by atoms with Gasteiger partial charge in [0.2, 0.25) is 0 Å². The summed E-state index contributed by atoms with van der Waals surface area (Å²) in [5, 5.41) is 6.92. The lowest BCUT2D eigenvalue weighted by molar-refractivity contribution is 0.276. The molecule has 1 aliphatic heterocycles. The van der Waals surface area contributed by atoms with Gasteiger partial charge in [0, 0.05) is 25.2 Å². The van der Waals surface area contributed by atoms with Crippen LogP contribution < -0.4 is 10.6 Å². The standard InChI is InChI=1S/C10H18N2.2ClH/c1-3-5-10(6-4-2)9-11-7-8-12-10;;/h3-4,11-12H,1-2,5-9H2;2*1H. The van der Waals surface area contributed by atoms with E-state index in [-0.39, 0.29) is 30.4 Å². The Balaban J connectivity index is 0. The molecule has 0 unspecified atom stereocenters. The third kappa shape index (κ3) is 4.47. The molecule has 0 atom stereocenters. The molecule has 14 heavy (non-hydrogen) atoms. The molecule has 2 N–H and O–H groups in total. The normalized spacial score (nSPS) is 18.6. The molecular formula is C10H20Cl2N2. The number of hydrogen-bond acceptors (Lipinski definition) is 2. The van der Waals surface area contributed by atoms with Gasteiger partial charge in [0.1, 0.15) is 0 Å². The highest BCUT2D eigenvalue weighted by Gasteiger charge is 2.28. The lowest BCUT2D eigenvalue weighted by atomic mass is 9.89. The molecule has 1 saturated heterocycles. The van der Waals surface area contributed by atoms with E-state index >= 15 is 0 Å². The Morgan fingerprint density at radius 3 is 2.00 bits per heavy atom. The maximum atomic E-state index is 3.78. The molecule has 0 radical (unpaired) electrons. The van der Waals surface area contributed by atoms with Crippen molar-refractivity contribution in [3.8, 4) is 0 Å². The molecule has 1 rings (SSSR count). The van der Waals surface area contributed by atoms with Gasteiger partial charge < -0.3 is 10.6 Å². The summed E-state index contributed by atoms with van der Waals surface area (Å²) >= 11 is 0. The molecule has 1 aliphatic rings. The third-order valence-corrected chi connectivity index (χ3v) is 2.34. The van der Waals surface area contributed by atoms with Crippen molar-refractivity contribution >= 4 is 24.8 Å². The SMILES string of the molecule is C=CCC1(CC=C)CNCCN1.Cl.Cl. The fourth-order valence-corrected chi connectivity index (χ4v) is 1.73. The van der Waals surface area contributed by atoms with E-state index in [1.54, 1.807) is 0 Å². The first-order chi connectivity index (χ1) is 5.83. The van der Waals surface area contributed by atoms with E-state index in [1.165, 1.54) is 0 Å². The summed E-state index contributed by atoms with van der Waals surface area (Å²) in [6, 6.07) is 0. The van der Waals surface area contributed by atoms with Gasteiger partial charge in [0.05, 0.1) is 0 Å². The summed E-state index contributed by atoms with van der Waals surface area (Å²) < 4.78 is 0. The Bertz CT molecular complexity index is 154. The summed E-state index contributed by atoms with van der Waals surface area (Å²) in [7, 11) is 0. The van der Waals surface area contributed by atoms with E-state index in [9.17, 15) is 0 Å². The minimum absolute atomic E-state index is 0. The van der Waals surface area contributed by atoms with Crippen LogP contribution in [0.2, 0.25) is 0 Å². The fourth-order valence-electron chi connectivity index (χ4n) is 1.73. The molecule has 0 spiro atoms. The quantitative estimate of drug-likeness (QED) is 0.732. The van der Waals surface area contributed by atoms with Gasteiger partial charge >= 0.3 is 0 Å². The summed E-state index contributed by atoms with van der Waals surface area (Å²) in [6.07, 6.45) is 5.96. The first kappa shape index (κ1) is 16.4. The zero-order valence-electron chi connectivity index (χ0n) is 8.42. The Morgan fingerprint density at radius 1 is 1.07 bits per heavy atom. The van der Waals surface area contributed by atoms with Crippen molar-refractivity contribution in [3.05, 3.63) is 25.3 Å². The van der Waals surface area contributed by atoms with E-state index in [0.29, 0.717) is 0 Å². The van der Waals surface area contributed by atoms with Crippen molar-refractivity contribution in [2.24, 2.45) is 0 Å². The van der Waals surface area contributed by atoms with E-state index in [2.05, 4.69) is 23.8 Å². The van der Waals surface area contributed by atoms with E-state index in [1.807, 2.05) is 12.2 Å². The Labute approximate surface area is 99.0 Å². The zero-order valence-corrected chi connectivity index (χ0v) is 10.1. The second-order valence-corrected chi connectivity index (χ2v) is 3.37. The van der Waals surface area contributed by atoms with Crippen molar-refractivity contribution in [2.75, 3.05) is 19.6 Å². The van der Waals surface area contributed by atoms with Crippen molar-refractivity contribution in [1.29, 1.82) is 0 Å². The number of hydrogen-bond donors (Lipinski definition) is 2. The van der Waals surface area contributed by atoms with Crippen LogP contribution in [0.1, 0.15) is 12.8 Å². The van der Waals surface area contributed by atoms with Gasteiger partial charge in [0.15, 0.2) is 0 Å². The van der Waals surface area contributed by atoms with Gasteiger partial charge in [-0.2, -0.15) is 0 Å². The zero-order chi connectivity index (χ0) is 8.86.